The molecule has 0 radical (unpaired) electrons. The predicted octanol–water partition coefficient (Wildman–Crippen LogP) is 1.78. The van der Waals surface area contributed by atoms with Crippen molar-refractivity contribution >= 4 is 53.1 Å². The molecule has 0 aromatic carbocycles. The minimum absolute atomic E-state index is 0. The van der Waals surface area contributed by atoms with Gasteiger partial charge in [-0.2, -0.15) is 0 Å². The van der Waals surface area contributed by atoms with Gasteiger partial charge in [-0.15, -0.1) is 35.3 Å². The van der Waals surface area contributed by atoms with E-state index in [4.69, 9.17) is 4.74 Å². The van der Waals surface area contributed by atoms with E-state index in [0.717, 1.165) is 12.8 Å². The van der Waals surface area contributed by atoms with Gasteiger partial charge in [0, 0.05) is 32.1 Å². The number of halogens is 1. The number of nitrogens with zero attached hydrogens (tertiary/aromatic N) is 3. The molecule has 26 heavy (non-hydrogen) atoms. The largest absolute Gasteiger partial charge is 0.469 e. The third-order valence-corrected chi connectivity index (χ3v) is 5.07. The van der Waals surface area contributed by atoms with Gasteiger partial charge < -0.3 is 19.9 Å². The van der Waals surface area contributed by atoms with E-state index in [1.165, 1.54) is 16.9 Å². The number of aliphatic imine (C=N–C) groups is 1. The third-order valence-electron chi connectivity index (χ3n) is 4.19. The minimum Gasteiger partial charge on any atom is -0.469 e. The minimum atomic E-state index is -0.146. The first-order valence-corrected chi connectivity index (χ1v) is 9.23. The van der Waals surface area contributed by atoms with Crippen molar-refractivity contribution in [3.63, 3.8) is 0 Å². The molecule has 9 heteroatoms. The Bertz CT molecular complexity index is 599. The van der Waals surface area contributed by atoms with Gasteiger partial charge in [-0.1, -0.05) is 6.07 Å². The molecule has 0 unspecified atom stereocenters. The molecule has 7 nitrogen and oxygen atoms in total. The lowest BCUT2D eigenvalue weighted by atomic mass is 9.97. The van der Waals surface area contributed by atoms with Gasteiger partial charge in [0.2, 0.25) is 5.91 Å². The molecule has 1 aromatic heterocycles. The number of piperidine rings is 1. The predicted molar refractivity (Wildman–Crippen MR) is 114 cm³/mol. The number of thiophene rings is 1. The van der Waals surface area contributed by atoms with Gasteiger partial charge >= 0.3 is 5.97 Å². The van der Waals surface area contributed by atoms with Crippen molar-refractivity contribution in [2.24, 2.45) is 10.9 Å². The van der Waals surface area contributed by atoms with Crippen molar-refractivity contribution in [3.8, 4) is 0 Å². The van der Waals surface area contributed by atoms with Crippen LogP contribution in [0, 0.1) is 5.92 Å². The van der Waals surface area contributed by atoms with Crippen LogP contribution in [0.2, 0.25) is 0 Å². The van der Waals surface area contributed by atoms with Gasteiger partial charge in [0.1, 0.15) is 6.54 Å². The van der Waals surface area contributed by atoms with Crippen molar-refractivity contribution in [1.29, 1.82) is 0 Å². The second kappa shape index (κ2) is 11.4. The van der Waals surface area contributed by atoms with Crippen LogP contribution in [0.4, 0.5) is 0 Å². The fourth-order valence-corrected chi connectivity index (χ4v) is 3.27. The summed E-state index contributed by atoms with van der Waals surface area (Å²) in [7, 11) is 4.87. The summed E-state index contributed by atoms with van der Waals surface area (Å²) in [6.07, 6.45) is 1.46. The summed E-state index contributed by atoms with van der Waals surface area (Å²) in [6.45, 7) is 2.21. The van der Waals surface area contributed by atoms with Gasteiger partial charge in [0.05, 0.1) is 19.6 Å². The maximum absolute atomic E-state index is 11.9. The summed E-state index contributed by atoms with van der Waals surface area (Å²) in [6, 6.07) is 4.07. The van der Waals surface area contributed by atoms with E-state index >= 15 is 0 Å². The molecule has 0 aliphatic carbocycles. The summed E-state index contributed by atoms with van der Waals surface area (Å²) in [5, 5.41) is 5.38. The van der Waals surface area contributed by atoms with Gasteiger partial charge in [-0.05, 0) is 24.3 Å². The zero-order valence-electron chi connectivity index (χ0n) is 15.4. The standard InChI is InChI=1S/C17H26N4O3S.HI/c1-20(2)15(22)12-19-17(18-11-14-5-4-10-25-14)21-8-6-13(7-9-21)16(23)24-3;/h4-5,10,13H,6-9,11-12H2,1-3H3,(H,18,19);1H. The molecule has 1 fully saturated rings. The molecular weight excluding hydrogens is 467 g/mol. The van der Waals surface area contributed by atoms with Crippen molar-refractivity contribution in [3.05, 3.63) is 22.4 Å². The maximum atomic E-state index is 11.9. The Hall–Kier alpha value is -1.36. The topological polar surface area (TPSA) is 74.2 Å². The number of rotatable bonds is 5. The van der Waals surface area contributed by atoms with Crippen molar-refractivity contribution < 1.29 is 14.3 Å². The molecule has 0 bridgehead atoms. The Labute approximate surface area is 175 Å². The first kappa shape index (κ1) is 22.7. The van der Waals surface area contributed by atoms with Crippen molar-refractivity contribution in [2.75, 3.05) is 40.8 Å². The Morgan fingerprint density at radius 3 is 2.62 bits per heavy atom. The Morgan fingerprint density at radius 2 is 2.08 bits per heavy atom. The number of esters is 1. The summed E-state index contributed by atoms with van der Waals surface area (Å²) in [5.74, 6) is 0.474. The quantitative estimate of drug-likeness (QED) is 0.293. The number of hydrogen-bond acceptors (Lipinski definition) is 5. The zero-order valence-corrected chi connectivity index (χ0v) is 18.6. The normalized spacial score (nSPS) is 15.2. The number of guanidine groups is 1. The van der Waals surface area contributed by atoms with Crippen LogP contribution >= 0.6 is 35.3 Å². The van der Waals surface area contributed by atoms with Gasteiger partial charge in [-0.3, -0.25) is 9.59 Å². The van der Waals surface area contributed by atoms with Crippen LogP contribution < -0.4 is 5.32 Å². The Balaban J connectivity index is 0.00000338. The average molecular weight is 494 g/mol. The highest BCUT2D eigenvalue weighted by Crippen LogP contribution is 2.18. The van der Waals surface area contributed by atoms with Crippen molar-refractivity contribution in [2.45, 2.75) is 19.4 Å². The molecule has 1 saturated heterocycles. The van der Waals surface area contributed by atoms with E-state index in [2.05, 4.69) is 21.3 Å². The number of carbonyl (C=O) groups excluding carboxylic acids is 2. The van der Waals surface area contributed by atoms with Crippen LogP contribution in [0.15, 0.2) is 22.5 Å². The lowest BCUT2D eigenvalue weighted by Gasteiger charge is -2.33. The summed E-state index contributed by atoms with van der Waals surface area (Å²) >= 11 is 1.68. The second-order valence-electron chi connectivity index (χ2n) is 6.15. The zero-order chi connectivity index (χ0) is 18.2. The molecule has 146 valence electrons. The number of nitrogens with one attached hydrogen (secondary N) is 1. The van der Waals surface area contributed by atoms with Gasteiger partial charge in [0.25, 0.3) is 0 Å². The summed E-state index contributed by atoms with van der Waals surface area (Å²) in [4.78, 5) is 32.9. The van der Waals surface area contributed by atoms with Gasteiger partial charge in [-0.25, -0.2) is 4.99 Å². The molecule has 1 aliphatic rings. The van der Waals surface area contributed by atoms with E-state index in [9.17, 15) is 9.59 Å². The molecule has 0 spiro atoms. The number of ether oxygens (including phenoxy) is 1. The van der Waals surface area contributed by atoms with E-state index in [-0.39, 0.29) is 48.3 Å². The maximum Gasteiger partial charge on any atom is 0.308 e. The second-order valence-corrected chi connectivity index (χ2v) is 7.18. The molecule has 0 saturated carbocycles. The third kappa shape index (κ3) is 6.75. The van der Waals surface area contributed by atoms with Crippen LogP contribution in [0.5, 0.6) is 0 Å². The van der Waals surface area contributed by atoms with E-state index in [1.807, 2.05) is 11.4 Å². The van der Waals surface area contributed by atoms with Crippen LogP contribution in [0.25, 0.3) is 0 Å². The van der Waals surface area contributed by atoms with E-state index in [1.54, 1.807) is 25.4 Å². The van der Waals surface area contributed by atoms with Crippen molar-refractivity contribution in [1.82, 2.24) is 15.1 Å². The molecule has 0 atom stereocenters. The average Bonchev–Trinajstić information content (AvgIpc) is 3.14. The first-order chi connectivity index (χ1) is 12.0. The SMILES string of the molecule is COC(=O)C1CCN(C(=NCC(=O)N(C)C)NCc2cccs2)CC1.I. The number of carbonyl (C=O) groups is 2. The van der Waals surface area contributed by atoms with Crippen LogP contribution in [-0.2, 0) is 20.9 Å². The molecule has 1 amide bonds. The molecule has 1 N–H and O–H groups in total. The van der Waals surface area contributed by atoms with E-state index < -0.39 is 0 Å². The first-order valence-electron chi connectivity index (χ1n) is 8.35. The lowest BCUT2D eigenvalue weighted by molar-refractivity contribution is -0.146. The fraction of sp³-hybridized carbons (Fsp3) is 0.588. The fourth-order valence-electron chi connectivity index (χ4n) is 2.62. The van der Waals surface area contributed by atoms with E-state index in [0.29, 0.717) is 25.6 Å². The van der Waals surface area contributed by atoms with Crippen LogP contribution in [0.1, 0.15) is 17.7 Å². The number of likely N-dealkylation sites (N-methyl/N-ethyl adjacent to an activating group) is 1. The van der Waals surface area contributed by atoms with Gasteiger partial charge in [0.15, 0.2) is 5.96 Å². The monoisotopic (exact) mass is 494 g/mol. The summed E-state index contributed by atoms with van der Waals surface area (Å²) in [5.41, 5.74) is 0. The molecule has 2 heterocycles. The lowest BCUT2D eigenvalue weighted by Crippen LogP contribution is -2.46. The number of likely N-dealkylation sites (tertiary alicyclic amines) is 1. The number of amides is 1. The highest BCUT2D eigenvalue weighted by atomic mass is 127. The Morgan fingerprint density at radius 1 is 1.38 bits per heavy atom. The van der Waals surface area contributed by atoms with Crippen LogP contribution in [0.3, 0.4) is 0 Å². The highest BCUT2D eigenvalue weighted by Gasteiger charge is 2.27. The smallest absolute Gasteiger partial charge is 0.308 e. The Kier molecular flexibility index (Phi) is 9.92. The number of methoxy groups -OCH3 is 1. The molecule has 2 rings (SSSR count). The molecule has 1 aromatic rings. The number of hydrogen-bond donors (Lipinski definition) is 1. The molecular formula is C17H27IN4O3S. The summed E-state index contributed by atoms with van der Waals surface area (Å²) < 4.78 is 4.84. The molecule has 1 aliphatic heterocycles. The van der Waals surface area contributed by atoms with Crippen LogP contribution in [-0.4, -0.2) is 68.5 Å². The highest BCUT2D eigenvalue weighted by molar-refractivity contribution is 14.0.